The average Bonchev–Trinajstić information content (AvgIpc) is 2.17. The third kappa shape index (κ3) is 3.75. The average molecular weight is 190 g/mol. The molecule has 0 amide bonds. The van der Waals surface area contributed by atoms with Crippen molar-refractivity contribution in [2.45, 2.75) is 32.3 Å². The van der Waals surface area contributed by atoms with Crippen molar-refractivity contribution < 1.29 is 5.11 Å². The molecule has 0 aliphatic carbocycles. The van der Waals surface area contributed by atoms with Crippen molar-refractivity contribution >= 4 is 6.08 Å². The van der Waals surface area contributed by atoms with Crippen molar-refractivity contribution in [3.63, 3.8) is 0 Å². The molecule has 0 saturated heterocycles. The summed E-state index contributed by atoms with van der Waals surface area (Å²) in [6.45, 7) is 3.92. The second-order valence-corrected chi connectivity index (χ2v) is 3.85. The number of rotatable bonds is 4. The van der Waals surface area contributed by atoms with Crippen molar-refractivity contribution in [3.05, 3.63) is 42.0 Å². The summed E-state index contributed by atoms with van der Waals surface area (Å²) >= 11 is 0. The summed E-state index contributed by atoms with van der Waals surface area (Å²) in [7, 11) is 0. The van der Waals surface area contributed by atoms with E-state index in [1.165, 1.54) is 0 Å². The Labute approximate surface area is 86.1 Å². The highest BCUT2D eigenvalue weighted by Gasteiger charge is 2.13. The molecule has 0 aromatic heterocycles. The Balaban J connectivity index is 2.64. The van der Waals surface area contributed by atoms with Gasteiger partial charge in [-0.3, -0.25) is 0 Å². The molecule has 0 aliphatic rings. The summed E-state index contributed by atoms with van der Waals surface area (Å²) in [5.74, 6) is 0. The van der Waals surface area contributed by atoms with Crippen LogP contribution in [0.5, 0.6) is 0 Å². The van der Waals surface area contributed by atoms with E-state index >= 15 is 0 Å². The van der Waals surface area contributed by atoms with E-state index in [1.54, 1.807) is 0 Å². The highest BCUT2D eigenvalue weighted by Crippen LogP contribution is 2.15. The van der Waals surface area contributed by atoms with E-state index in [0.717, 1.165) is 18.4 Å². The van der Waals surface area contributed by atoms with Gasteiger partial charge in [-0.05, 0) is 18.9 Å². The van der Waals surface area contributed by atoms with Crippen molar-refractivity contribution in [2.24, 2.45) is 0 Å². The Morgan fingerprint density at radius 1 is 1.29 bits per heavy atom. The lowest BCUT2D eigenvalue weighted by molar-refractivity contribution is 0.102. The van der Waals surface area contributed by atoms with Crippen molar-refractivity contribution in [3.8, 4) is 0 Å². The molecule has 1 rings (SSSR count). The van der Waals surface area contributed by atoms with Gasteiger partial charge in [0.2, 0.25) is 0 Å². The van der Waals surface area contributed by atoms with Crippen molar-refractivity contribution in [2.75, 3.05) is 0 Å². The highest BCUT2D eigenvalue weighted by molar-refractivity contribution is 5.49. The van der Waals surface area contributed by atoms with Gasteiger partial charge in [0, 0.05) is 0 Å². The summed E-state index contributed by atoms with van der Waals surface area (Å²) < 4.78 is 0. The van der Waals surface area contributed by atoms with Crippen LogP contribution in [0, 0.1) is 0 Å². The second kappa shape index (κ2) is 4.97. The molecule has 1 atom stereocenters. The fraction of sp³-hybridized carbons (Fsp3) is 0.385. The first-order chi connectivity index (χ1) is 6.64. The molecule has 1 unspecified atom stereocenters. The minimum atomic E-state index is -0.676. The van der Waals surface area contributed by atoms with E-state index in [1.807, 2.05) is 49.4 Å². The first-order valence-corrected chi connectivity index (χ1v) is 5.11. The molecule has 0 aliphatic heterocycles. The van der Waals surface area contributed by atoms with Crippen molar-refractivity contribution in [1.82, 2.24) is 0 Å². The maximum absolute atomic E-state index is 9.89. The van der Waals surface area contributed by atoms with Gasteiger partial charge in [-0.25, -0.2) is 0 Å². The molecule has 0 fully saturated rings. The van der Waals surface area contributed by atoms with Crippen LogP contribution < -0.4 is 0 Å². The summed E-state index contributed by atoms with van der Waals surface area (Å²) in [4.78, 5) is 0. The molecule has 0 saturated carbocycles. The predicted molar refractivity (Wildman–Crippen MR) is 61.0 cm³/mol. The molecule has 0 spiro atoms. The van der Waals surface area contributed by atoms with E-state index in [9.17, 15) is 5.11 Å². The number of hydrogen-bond donors (Lipinski definition) is 1. The lowest BCUT2D eigenvalue weighted by atomic mass is 9.99. The van der Waals surface area contributed by atoms with Crippen LogP contribution in [0.3, 0.4) is 0 Å². The minimum Gasteiger partial charge on any atom is -0.386 e. The minimum absolute atomic E-state index is 0.676. The zero-order chi connectivity index (χ0) is 10.4. The maximum Gasteiger partial charge on any atom is 0.0802 e. The van der Waals surface area contributed by atoms with Crippen LogP contribution in [0.25, 0.3) is 6.08 Å². The monoisotopic (exact) mass is 190 g/mol. The molecule has 1 heteroatoms. The third-order valence-electron chi connectivity index (χ3n) is 2.19. The Kier molecular flexibility index (Phi) is 3.90. The Morgan fingerprint density at radius 3 is 2.50 bits per heavy atom. The van der Waals surface area contributed by atoms with E-state index in [-0.39, 0.29) is 0 Å². The smallest absolute Gasteiger partial charge is 0.0802 e. The molecule has 0 heterocycles. The van der Waals surface area contributed by atoms with E-state index in [2.05, 4.69) is 6.92 Å². The van der Waals surface area contributed by atoms with Gasteiger partial charge < -0.3 is 5.11 Å². The first kappa shape index (κ1) is 11.0. The highest BCUT2D eigenvalue weighted by atomic mass is 16.3. The zero-order valence-corrected chi connectivity index (χ0v) is 8.90. The summed E-state index contributed by atoms with van der Waals surface area (Å²) in [5, 5.41) is 9.89. The Hall–Kier alpha value is -1.08. The topological polar surface area (TPSA) is 20.2 Å². The van der Waals surface area contributed by atoms with Crippen LogP contribution in [0.4, 0.5) is 0 Å². The largest absolute Gasteiger partial charge is 0.386 e. The van der Waals surface area contributed by atoms with Gasteiger partial charge in [0.25, 0.3) is 0 Å². The van der Waals surface area contributed by atoms with E-state index in [4.69, 9.17) is 0 Å². The fourth-order valence-electron chi connectivity index (χ4n) is 1.43. The van der Waals surface area contributed by atoms with Gasteiger partial charge in [-0.15, -0.1) is 0 Å². The van der Waals surface area contributed by atoms with Gasteiger partial charge in [-0.1, -0.05) is 55.8 Å². The molecular weight excluding hydrogens is 172 g/mol. The summed E-state index contributed by atoms with van der Waals surface area (Å²) in [6, 6.07) is 10.0. The first-order valence-electron chi connectivity index (χ1n) is 5.11. The normalized spacial score (nSPS) is 15.6. The van der Waals surface area contributed by atoms with Gasteiger partial charge in [-0.2, -0.15) is 0 Å². The van der Waals surface area contributed by atoms with Crippen LogP contribution in [-0.2, 0) is 0 Å². The van der Waals surface area contributed by atoms with Crippen molar-refractivity contribution in [1.29, 1.82) is 0 Å². The van der Waals surface area contributed by atoms with Crippen LogP contribution in [-0.4, -0.2) is 10.7 Å². The second-order valence-electron chi connectivity index (χ2n) is 3.85. The molecule has 0 bridgehead atoms. The zero-order valence-electron chi connectivity index (χ0n) is 8.90. The van der Waals surface area contributed by atoms with Crippen LogP contribution in [0.15, 0.2) is 36.4 Å². The van der Waals surface area contributed by atoms with Gasteiger partial charge >= 0.3 is 0 Å². The van der Waals surface area contributed by atoms with Crippen LogP contribution >= 0.6 is 0 Å². The molecule has 76 valence electrons. The molecule has 1 aromatic carbocycles. The standard InChI is InChI=1S/C13H18O/c1-3-10-13(2,14)11-9-12-7-5-4-6-8-12/h4-9,11,14H,3,10H2,1-2H3/b11-9+. The SMILES string of the molecule is CCCC(C)(O)/C=C/c1ccccc1. The Morgan fingerprint density at radius 2 is 1.93 bits per heavy atom. The van der Waals surface area contributed by atoms with Gasteiger partial charge in [0.05, 0.1) is 5.60 Å². The molecule has 1 N–H and O–H groups in total. The Bertz CT molecular complexity index is 285. The van der Waals surface area contributed by atoms with E-state index < -0.39 is 5.60 Å². The number of benzene rings is 1. The molecule has 1 nitrogen and oxygen atoms in total. The lowest BCUT2D eigenvalue weighted by Gasteiger charge is -2.17. The quantitative estimate of drug-likeness (QED) is 0.772. The molecule has 14 heavy (non-hydrogen) atoms. The van der Waals surface area contributed by atoms with E-state index in [0.29, 0.717) is 0 Å². The van der Waals surface area contributed by atoms with Crippen LogP contribution in [0.2, 0.25) is 0 Å². The molecule has 0 radical (unpaired) electrons. The van der Waals surface area contributed by atoms with Gasteiger partial charge in [0.15, 0.2) is 0 Å². The molecule has 1 aromatic rings. The third-order valence-corrected chi connectivity index (χ3v) is 2.19. The lowest BCUT2D eigenvalue weighted by Crippen LogP contribution is -2.19. The number of aliphatic hydroxyl groups is 1. The maximum atomic E-state index is 9.89. The summed E-state index contributed by atoms with van der Waals surface area (Å²) in [5.41, 5.74) is 0.453. The predicted octanol–water partition coefficient (Wildman–Crippen LogP) is 3.25. The van der Waals surface area contributed by atoms with Crippen LogP contribution in [0.1, 0.15) is 32.3 Å². The van der Waals surface area contributed by atoms with Gasteiger partial charge in [0.1, 0.15) is 0 Å². The fourth-order valence-corrected chi connectivity index (χ4v) is 1.43. The number of hydrogen-bond acceptors (Lipinski definition) is 1. The summed E-state index contributed by atoms with van der Waals surface area (Å²) in [6.07, 6.45) is 5.63. The molecular formula is C13H18O.